The van der Waals surface area contributed by atoms with E-state index in [1.165, 1.54) is 0 Å². The highest BCUT2D eigenvalue weighted by Crippen LogP contribution is 2.33. The van der Waals surface area contributed by atoms with E-state index < -0.39 is 5.69 Å². The number of benzene rings is 1. The van der Waals surface area contributed by atoms with Gasteiger partial charge in [0.1, 0.15) is 18.2 Å². The van der Waals surface area contributed by atoms with E-state index in [4.69, 9.17) is 9.72 Å². The quantitative estimate of drug-likeness (QED) is 0.548. The molecule has 0 saturated heterocycles. The first kappa shape index (κ1) is 20.9. The number of halogens is 1. The summed E-state index contributed by atoms with van der Waals surface area (Å²) in [7, 11) is 0. The van der Waals surface area contributed by atoms with E-state index in [0.717, 1.165) is 54.3 Å². The highest BCUT2D eigenvalue weighted by Gasteiger charge is 2.26. The van der Waals surface area contributed by atoms with Crippen LogP contribution in [-0.4, -0.2) is 19.1 Å². The molecule has 2 heterocycles. The van der Waals surface area contributed by atoms with Crippen LogP contribution in [0, 0.1) is 6.92 Å². The van der Waals surface area contributed by atoms with Crippen LogP contribution in [0.5, 0.6) is 5.75 Å². The largest absolute Gasteiger partial charge is 0.484 e. The monoisotopic (exact) mass is 474 g/mol. The molecule has 4 rings (SSSR count). The summed E-state index contributed by atoms with van der Waals surface area (Å²) in [5, 5.41) is 0. The van der Waals surface area contributed by atoms with Crippen molar-refractivity contribution in [3.05, 3.63) is 54.9 Å². The summed E-state index contributed by atoms with van der Waals surface area (Å²) in [4.78, 5) is 32.5. The summed E-state index contributed by atoms with van der Waals surface area (Å²) in [6.07, 6.45) is 6.05. The molecule has 1 aromatic carbocycles. The molecule has 7 nitrogen and oxygen atoms in total. The normalized spacial score (nSPS) is 14.6. The van der Waals surface area contributed by atoms with E-state index in [9.17, 15) is 9.59 Å². The topological polar surface area (TPSA) is 81.9 Å². The first-order valence-electron chi connectivity index (χ1n) is 10.6. The zero-order valence-corrected chi connectivity index (χ0v) is 19.0. The Morgan fingerprint density at radius 1 is 1.27 bits per heavy atom. The Morgan fingerprint density at radius 3 is 2.73 bits per heavy atom. The number of imidazole rings is 1. The average molecular weight is 475 g/mol. The van der Waals surface area contributed by atoms with Crippen molar-refractivity contribution in [2.45, 2.75) is 71.6 Å². The van der Waals surface area contributed by atoms with Crippen LogP contribution in [0.1, 0.15) is 62.9 Å². The van der Waals surface area contributed by atoms with Crippen molar-refractivity contribution in [2.75, 3.05) is 0 Å². The summed E-state index contributed by atoms with van der Waals surface area (Å²) < 4.78 is 10.6. The van der Waals surface area contributed by atoms with Gasteiger partial charge in [0.2, 0.25) is 0 Å². The van der Waals surface area contributed by atoms with Gasteiger partial charge in [0.05, 0.1) is 4.47 Å². The molecule has 0 aliphatic heterocycles. The Labute approximate surface area is 183 Å². The van der Waals surface area contributed by atoms with Gasteiger partial charge in [-0.15, -0.1) is 0 Å². The van der Waals surface area contributed by atoms with Gasteiger partial charge in [0, 0.05) is 12.6 Å². The van der Waals surface area contributed by atoms with Crippen LogP contribution in [-0.2, 0) is 13.2 Å². The smallest absolute Gasteiger partial charge is 0.330 e. The predicted molar refractivity (Wildman–Crippen MR) is 120 cm³/mol. The minimum Gasteiger partial charge on any atom is -0.484 e. The number of hydrogen-bond acceptors (Lipinski definition) is 4. The minimum absolute atomic E-state index is 0.202. The lowest BCUT2D eigenvalue weighted by Crippen LogP contribution is -2.31. The lowest BCUT2D eigenvalue weighted by atomic mass is 10.2. The van der Waals surface area contributed by atoms with E-state index >= 15 is 0 Å². The maximum absolute atomic E-state index is 12.8. The maximum Gasteiger partial charge on any atom is 0.330 e. The van der Waals surface area contributed by atoms with Gasteiger partial charge in [-0.25, -0.2) is 9.78 Å². The first-order chi connectivity index (χ1) is 14.5. The molecule has 1 N–H and O–H groups in total. The van der Waals surface area contributed by atoms with Gasteiger partial charge in [-0.3, -0.25) is 14.3 Å². The van der Waals surface area contributed by atoms with Gasteiger partial charge in [0.15, 0.2) is 11.2 Å². The Balaban J connectivity index is 1.81. The Kier molecular flexibility index (Phi) is 6.13. The molecule has 0 amide bonds. The number of fused-ring (bicyclic) bond motifs is 1. The van der Waals surface area contributed by atoms with Crippen molar-refractivity contribution < 1.29 is 4.74 Å². The molecule has 2 aromatic heterocycles. The summed E-state index contributed by atoms with van der Waals surface area (Å²) in [5.74, 6) is 1.41. The van der Waals surface area contributed by atoms with Crippen LogP contribution >= 0.6 is 15.9 Å². The van der Waals surface area contributed by atoms with Crippen molar-refractivity contribution in [1.29, 1.82) is 0 Å². The second-order valence-corrected chi connectivity index (χ2v) is 8.85. The number of aromatic amines is 1. The second kappa shape index (κ2) is 8.79. The van der Waals surface area contributed by atoms with Gasteiger partial charge < -0.3 is 9.30 Å². The zero-order chi connectivity index (χ0) is 21.3. The molecule has 0 unspecified atom stereocenters. The highest BCUT2D eigenvalue weighted by atomic mass is 79.9. The molecular weight excluding hydrogens is 448 g/mol. The molecule has 0 atom stereocenters. The lowest BCUT2D eigenvalue weighted by molar-refractivity contribution is 0.283. The molecule has 0 bridgehead atoms. The summed E-state index contributed by atoms with van der Waals surface area (Å²) in [6.45, 7) is 4.86. The zero-order valence-electron chi connectivity index (χ0n) is 17.4. The van der Waals surface area contributed by atoms with Crippen LogP contribution in [0.4, 0.5) is 0 Å². The van der Waals surface area contributed by atoms with Crippen molar-refractivity contribution >= 4 is 27.1 Å². The molecule has 30 heavy (non-hydrogen) atoms. The molecule has 1 saturated carbocycles. The fourth-order valence-corrected chi connectivity index (χ4v) is 4.84. The maximum atomic E-state index is 12.8. The summed E-state index contributed by atoms with van der Waals surface area (Å²) in [5.41, 5.74) is 1.32. The number of ether oxygens (including phenoxy) is 1. The average Bonchev–Trinajstić information content (AvgIpc) is 3.35. The van der Waals surface area contributed by atoms with E-state index in [1.807, 2.05) is 29.7 Å². The number of aromatic nitrogens is 4. The number of aryl methyl sites for hydroxylation is 2. The molecule has 3 aromatic rings. The number of hydrogen-bond donors (Lipinski definition) is 1. The molecule has 1 aliphatic rings. The lowest BCUT2D eigenvalue weighted by Gasteiger charge is -2.16. The Morgan fingerprint density at radius 2 is 2.03 bits per heavy atom. The van der Waals surface area contributed by atoms with Gasteiger partial charge in [0.25, 0.3) is 5.56 Å². The molecular formula is C22H27BrN4O3. The van der Waals surface area contributed by atoms with E-state index in [0.29, 0.717) is 23.5 Å². The summed E-state index contributed by atoms with van der Waals surface area (Å²) in [6, 6.07) is 6.12. The molecule has 160 valence electrons. The standard InChI is InChI=1S/C22H27BrN4O3/c1-3-4-11-26-20-19(21(28)25-22(26)29)27(15-7-5-6-8-15)18(24-20)13-30-17-10-9-14(2)12-16(17)23/h9-10,12,15H,3-8,11,13H2,1-2H3,(H,25,28,29). The number of nitrogens with one attached hydrogen (secondary N) is 1. The molecule has 0 spiro atoms. The van der Waals surface area contributed by atoms with Gasteiger partial charge in [-0.2, -0.15) is 0 Å². The minimum atomic E-state index is -0.397. The van der Waals surface area contributed by atoms with Crippen LogP contribution in [0.15, 0.2) is 32.3 Å². The molecule has 8 heteroatoms. The van der Waals surface area contributed by atoms with Crippen LogP contribution in [0.3, 0.4) is 0 Å². The van der Waals surface area contributed by atoms with E-state index in [-0.39, 0.29) is 18.2 Å². The van der Waals surface area contributed by atoms with Gasteiger partial charge in [-0.1, -0.05) is 32.3 Å². The van der Waals surface area contributed by atoms with Crippen LogP contribution in [0.25, 0.3) is 11.2 Å². The third-order valence-electron chi connectivity index (χ3n) is 5.77. The Hall–Kier alpha value is -2.35. The fraction of sp³-hybridized carbons (Fsp3) is 0.500. The van der Waals surface area contributed by atoms with Crippen molar-refractivity contribution in [1.82, 2.24) is 19.1 Å². The van der Waals surface area contributed by atoms with Gasteiger partial charge >= 0.3 is 5.69 Å². The molecule has 1 aliphatic carbocycles. The number of unbranched alkanes of at least 4 members (excludes halogenated alkanes) is 1. The van der Waals surface area contributed by atoms with Crippen LogP contribution in [0.2, 0.25) is 0 Å². The predicted octanol–water partition coefficient (Wildman–Crippen LogP) is 4.45. The molecule has 1 fully saturated rings. The van der Waals surface area contributed by atoms with Gasteiger partial charge in [-0.05, 0) is 59.8 Å². The van der Waals surface area contributed by atoms with E-state index in [1.54, 1.807) is 4.57 Å². The fourth-order valence-electron chi connectivity index (χ4n) is 4.23. The summed E-state index contributed by atoms with van der Waals surface area (Å²) >= 11 is 3.55. The molecule has 0 radical (unpaired) electrons. The van der Waals surface area contributed by atoms with Crippen molar-refractivity contribution in [3.63, 3.8) is 0 Å². The number of nitrogens with zero attached hydrogens (tertiary/aromatic N) is 3. The van der Waals surface area contributed by atoms with Crippen LogP contribution < -0.4 is 16.0 Å². The first-order valence-corrected chi connectivity index (χ1v) is 11.4. The third-order valence-corrected chi connectivity index (χ3v) is 6.39. The van der Waals surface area contributed by atoms with Crippen molar-refractivity contribution in [3.8, 4) is 5.75 Å². The number of rotatable bonds is 7. The SMILES string of the molecule is CCCCn1c(=O)[nH]c(=O)c2c1nc(COc1ccc(C)cc1Br)n2C1CCCC1. The Bertz CT molecular complexity index is 1170. The van der Waals surface area contributed by atoms with E-state index in [2.05, 4.69) is 27.8 Å². The second-order valence-electron chi connectivity index (χ2n) is 8.00. The van der Waals surface area contributed by atoms with Crippen molar-refractivity contribution in [2.24, 2.45) is 0 Å². The third kappa shape index (κ3) is 3.97. The highest BCUT2D eigenvalue weighted by molar-refractivity contribution is 9.10. The number of H-pyrrole nitrogens is 1.